The fourth-order valence-electron chi connectivity index (χ4n) is 3.03. The Hall–Kier alpha value is -2.84. The lowest BCUT2D eigenvalue weighted by Gasteiger charge is -2.14. The molecule has 3 rings (SSSR count). The number of benzene rings is 1. The lowest BCUT2D eigenvalue weighted by Crippen LogP contribution is -2.17. The average molecular weight is 380 g/mol. The summed E-state index contributed by atoms with van der Waals surface area (Å²) in [6.45, 7) is 5.54. The minimum Gasteiger partial charge on any atom is -0.406 e. The Morgan fingerprint density at radius 1 is 1.26 bits per heavy atom. The van der Waals surface area contributed by atoms with Crippen molar-refractivity contribution in [1.82, 2.24) is 19.7 Å². The Morgan fingerprint density at radius 3 is 2.52 bits per heavy atom. The highest BCUT2D eigenvalue weighted by atomic mass is 19.4. The van der Waals surface area contributed by atoms with Gasteiger partial charge in [0, 0.05) is 0 Å². The van der Waals surface area contributed by atoms with Crippen LogP contribution in [0.5, 0.6) is 5.75 Å². The molecule has 0 bridgehead atoms. The van der Waals surface area contributed by atoms with Crippen LogP contribution in [-0.4, -0.2) is 26.1 Å². The molecule has 0 fully saturated rings. The molecule has 6 nitrogen and oxygen atoms in total. The summed E-state index contributed by atoms with van der Waals surface area (Å²) in [5, 5.41) is 5.01. The number of ether oxygens (including phenoxy) is 1. The highest BCUT2D eigenvalue weighted by Crippen LogP contribution is 2.25. The van der Waals surface area contributed by atoms with E-state index >= 15 is 0 Å². The number of aromatic amines is 1. The number of nitrogens with one attached hydrogen (secondary N) is 1. The van der Waals surface area contributed by atoms with Gasteiger partial charge in [0.05, 0.1) is 11.7 Å². The van der Waals surface area contributed by atoms with Gasteiger partial charge in [-0.15, -0.1) is 13.2 Å². The van der Waals surface area contributed by atoms with Crippen molar-refractivity contribution in [3.8, 4) is 5.75 Å². The molecule has 2 heterocycles. The molecule has 1 atom stereocenters. The number of H-pyrrole nitrogens is 1. The summed E-state index contributed by atoms with van der Waals surface area (Å²) < 4.78 is 42.3. The lowest BCUT2D eigenvalue weighted by molar-refractivity contribution is -0.274. The zero-order valence-electron chi connectivity index (χ0n) is 15.1. The first-order valence-electron chi connectivity index (χ1n) is 8.50. The van der Waals surface area contributed by atoms with Crippen LogP contribution in [0.15, 0.2) is 29.1 Å². The van der Waals surface area contributed by atoms with Gasteiger partial charge in [0.2, 0.25) is 0 Å². The van der Waals surface area contributed by atoms with E-state index in [0.717, 1.165) is 5.56 Å². The van der Waals surface area contributed by atoms with Crippen LogP contribution in [0.3, 0.4) is 0 Å². The van der Waals surface area contributed by atoms with E-state index in [9.17, 15) is 18.0 Å². The van der Waals surface area contributed by atoms with Gasteiger partial charge < -0.3 is 9.72 Å². The topological polar surface area (TPSA) is 72.8 Å². The SMILES string of the molecule is CCc1nn(C(C)Cc2ccc(OC(F)(F)F)cc2)c2nc(C)[nH]c(=O)c12. The molecule has 9 heteroatoms. The molecule has 1 N–H and O–H groups in total. The molecule has 0 radical (unpaired) electrons. The van der Waals surface area contributed by atoms with Crippen LogP contribution >= 0.6 is 0 Å². The van der Waals surface area contributed by atoms with Gasteiger partial charge in [-0.25, -0.2) is 9.67 Å². The molecular weight excluding hydrogens is 361 g/mol. The van der Waals surface area contributed by atoms with Crippen molar-refractivity contribution < 1.29 is 17.9 Å². The van der Waals surface area contributed by atoms with E-state index in [2.05, 4.69) is 19.8 Å². The Bertz CT molecular complexity index is 1010. The molecule has 0 amide bonds. The molecular formula is C18H19F3N4O2. The van der Waals surface area contributed by atoms with E-state index in [-0.39, 0.29) is 17.4 Å². The van der Waals surface area contributed by atoms with Crippen molar-refractivity contribution in [3.63, 3.8) is 0 Å². The zero-order valence-corrected chi connectivity index (χ0v) is 15.1. The average Bonchev–Trinajstić information content (AvgIpc) is 2.94. The number of hydrogen-bond donors (Lipinski definition) is 1. The van der Waals surface area contributed by atoms with E-state index < -0.39 is 6.36 Å². The van der Waals surface area contributed by atoms with Crippen molar-refractivity contribution >= 4 is 11.0 Å². The smallest absolute Gasteiger partial charge is 0.406 e. The molecule has 0 aliphatic carbocycles. The van der Waals surface area contributed by atoms with Crippen LogP contribution < -0.4 is 10.3 Å². The second kappa shape index (κ2) is 7.05. The normalized spacial score (nSPS) is 13.1. The standard InChI is InChI=1S/C18H19F3N4O2/c1-4-14-15-16(22-11(3)23-17(15)26)25(24-14)10(2)9-12-5-7-13(8-6-12)27-18(19,20)21/h5-8,10H,4,9H2,1-3H3,(H,22,23,26). The summed E-state index contributed by atoms with van der Waals surface area (Å²) in [5.74, 6) is 0.234. The van der Waals surface area contributed by atoms with Gasteiger partial charge in [0.25, 0.3) is 5.56 Å². The lowest BCUT2D eigenvalue weighted by atomic mass is 10.1. The van der Waals surface area contributed by atoms with Crippen molar-refractivity contribution in [2.75, 3.05) is 0 Å². The quantitative estimate of drug-likeness (QED) is 0.733. The second-order valence-electron chi connectivity index (χ2n) is 6.34. The molecule has 0 aliphatic rings. The molecule has 2 aromatic heterocycles. The van der Waals surface area contributed by atoms with Crippen LogP contribution in [-0.2, 0) is 12.8 Å². The van der Waals surface area contributed by atoms with Gasteiger partial charge in [-0.2, -0.15) is 5.10 Å². The third kappa shape index (κ3) is 4.12. The fourth-order valence-corrected chi connectivity index (χ4v) is 3.03. The van der Waals surface area contributed by atoms with E-state index in [1.54, 1.807) is 23.7 Å². The first kappa shape index (κ1) is 18.9. The molecule has 0 aliphatic heterocycles. The molecule has 3 aromatic rings. The number of rotatable bonds is 5. The molecule has 0 saturated heterocycles. The monoisotopic (exact) mass is 380 g/mol. The Morgan fingerprint density at radius 2 is 1.93 bits per heavy atom. The number of aromatic nitrogens is 4. The second-order valence-corrected chi connectivity index (χ2v) is 6.34. The van der Waals surface area contributed by atoms with Crippen LogP contribution in [0.2, 0.25) is 0 Å². The molecule has 1 aromatic carbocycles. The van der Waals surface area contributed by atoms with Crippen molar-refractivity contribution in [1.29, 1.82) is 0 Å². The molecule has 0 spiro atoms. The van der Waals surface area contributed by atoms with Crippen molar-refractivity contribution in [3.05, 3.63) is 51.7 Å². The summed E-state index contributed by atoms with van der Waals surface area (Å²) in [6.07, 6.45) is -3.61. The van der Waals surface area contributed by atoms with Gasteiger partial charge in [0.1, 0.15) is 17.0 Å². The Kier molecular flexibility index (Phi) is 4.95. The van der Waals surface area contributed by atoms with Gasteiger partial charge in [-0.1, -0.05) is 19.1 Å². The predicted molar refractivity (Wildman–Crippen MR) is 93.8 cm³/mol. The van der Waals surface area contributed by atoms with Crippen LogP contribution in [0.1, 0.15) is 37.0 Å². The summed E-state index contributed by atoms with van der Waals surface area (Å²) in [5.41, 5.74) is 1.78. The van der Waals surface area contributed by atoms with Gasteiger partial charge in [-0.3, -0.25) is 4.79 Å². The largest absolute Gasteiger partial charge is 0.573 e. The zero-order chi connectivity index (χ0) is 19.8. The highest BCUT2D eigenvalue weighted by Gasteiger charge is 2.31. The summed E-state index contributed by atoms with van der Waals surface area (Å²) in [6, 6.07) is 5.57. The molecule has 0 saturated carbocycles. The Balaban J connectivity index is 1.88. The minimum atomic E-state index is -4.71. The number of nitrogens with zero attached hydrogens (tertiary/aromatic N) is 3. The van der Waals surface area contributed by atoms with Gasteiger partial charge in [0.15, 0.2) is 5.65 Å². The summed E-state index contributed by atoms with van der Waals surface area (Å²) >= 11 is 0. The Labute approximate surface area is 153 Å². The maximum Gasteiger partial charge on any atom is 0.573 e. The van der Waals surface area contributed by atoms with E-state index in [1.807, 2.05) is 13.8 Å². The number of aryl methyl sites for hydroxylation is 2. The third-order valence-corrected chi connectivity index (χ3v) is 4.19. The summed E-state index contributed by atoms with van der Waals surface area (Å²) in [7, 11) is 0. The molecule has 1 unspecified atom stereocenters. The van der Waals surface area contributed by atoms with E-state index in [1.165, 1.54) is 12.1 Å². The first-order chi connectivity index (χ1) is 12.7. The maximum atomic E-state index is 12.3. The van der Waals surface area contributed by atoms with Crippen LogP contribution in [0, 0.1) is 6.92 Å². The highest BCUT2D eigenvalue weighted by molar-refractivity contribution is 5.77. The van der Waals surface area contributed by atoms with E-state index in [4.69, 9.17) is 0 Å². The number of fused-ring (bicyclic) bond motifs is 1. The van der Waals surface area contributed by atoms with Gasteiger partial charge >= 0.3 is 6.36 Å². The number of hydrogen-bond acceptors (Lipinski definition) is 4. The first-order valence-corrected chi connectivity index (χ1v) is 8.50. The molecule has 27 heavy (non-hydrogen) atoms. The number of halogens is 3. The maximum absolute atomic E-state index is 12.3. The minimum absolute atomic E-state index is 0.143. The van der Waals surface area contributed by atoms with Crippen molar-refractivity contribution in [2.45, 2.75) is 46.0 Å². The van der Waals surface area contributed by atoms with Crippen LogP contribution in [0.4, 0.5) is 13.2 Å². The third-order valence-electron chi connectivity index (χ3n) is 4.19. The van der Waals surface area contributed by atoms with Gasteiger partial charge in [-0.05, 0) is 44.4 Å². The fraction of sp³-hybridized carbons (Fsp3) is 0.389. The van der Waals surface area contributed by atoms with E-state index in [0.29, 0.717) is 35.4 Å². The van der Waals surface area contributed by atoms with Crippen LogP contribution in [0.25, 0.3) is 11.0 Å². The van der Waals surface area contributed by atoms with Crippen molar-refractivity contribution in [2.24, 2.45) is 0 Å². The summed E-state index contributed by atoms with van der Waals surface area (Å²) in [4.78, 5) is 19.4. The number of alkyl halides is 3. The molecule has 144 valence electrons. The predicted octanol–water partition coefficient (Wildman–Crippen LogP) is 3.69.